The number of nitrogens with zero attached hydrogens (tertiary/aromatic N) is 2. The predicted molar refractivity (Wildman–Crippen MR) is 62.0 cm³/mol. The van der Waals surface area contributed by atoms with Crippen molar-refractivity contribution < 1.29 is 19.5 Å². The molecular formula is C12H12N2O4. The molecule has 0 atom stereocenters. The minimum atomic E-state index is -1.03. The number of benzene rings is 1. The second kappa shape index (κ2) is 4.48. The Kier molecular flexibility index (Phi) is 3.01. The molecule has 6 nitrogen and oxygen atoms in total. The molecule has 1 aliphatic rings. The van der Waals surface area contributed by atoms with E-state index in [0.717, 1.165) is 4.90 Å². The molecule has 1 heterocycles. The van der Waals surface area contributed by atoms with Gasteiger partial charge in [-0.15, -0.1) is 0 Å². The van der Waals surface area contributed by atoms with E-state index in [1.54, 1.807) is 19.2 Å². The van der Waals surface area contributed by atoms with Crippen molar-refractivity contribution in [2.45, 2.75) is 6.54 Å². The molecule has 0 unspecified atom stereocenters. The van der Waals surface area contributed by atoms with Crippen LogP contribution in [-0.2, 0) is 11.3 Å². The van der Waals surface area contributed by atoms with Crippen LogP contribution in [0.1, 0.15) is 15.9 Å². The van der Waals surface area contributed by atoms with Crippen molar-refractivity contribution >= 4 is 17.9 Å². The van der Waals surface area contributed by atoms with Crippen LogP contribution < -0.4 is 0 Å². The van der Waals surface area contributed by atoms with Gasteiger partial charge in [-0.05, 0) is 17.7 Å². The van der Waals surface area contributed by atoms with Crippen LogP contribution in [0.2, 0.25) is 0 Å². The lowest BCUT2D eigenvalue weighted by Gasteiger charge is -2.14. The number of rotatable bonds is 3. The second-order valence-corrected chi connectivity index (χ2v) is 4.12. The maximum atomic E-state index is 11.7. The number of urea groups is 1. The minimum Gasteiger partial charge on any atom is -0.478 e. The van der Waals surface area contributed by atoms with Crippen LogP contribution >= 0.6 is 0 Å². The third-order valence-electron chi connectivity index (χ3n) is 2.75. The van der Waals surface area contributed by atoms with E-state index in [1.165, 1.54) is 17.0 Å². The summed E-state index contributed by atoms with van der Waals surface area (Å²) in [5, 5.41) is 8.86. The molecule has 0 aliphatic carbocycles. The highest BCUT2D eigenvalue weighted by Gasteiger charge is 2.33. The van der Waals surface area contributed by atoms with E-state index in [4.69, 9.17) is 5.11 Å². The van der Waals surface area contributed by atoms with E-state index in [0.29, 0.717) is 5.56 Å². The first kappa shape index (κ1) is 12.1. The molecule has 0 bridgehead atoms. The third kappa shape index (κ3) is 2.17. The first-order valence-corrected chi connectivity index (χ1v) is 5.36. The van der Waals surface area contributed by atoms with Crippen molar-refractivity contribution in [3.05, 3.63) is 35.4 Å². The molecule has 1 N–H and O–H groups in total. The van der Waals surface area contributed by atoms with E-state index in [-0.39, 0.29) is 30.6 Å². The average molecular weight is 248 g/mol. The van der Waals surface area contributed by atoms with E-state index in [2.05, 4.69) is 0 Å². The Morgan fingerprint density at radius 3 is 2.67 bits per heavy atom. The monoisotopic (exact) mass is 248 g/mol. The lowest BCUT2D eigenvalue weighted by Crippen LogP contribution is -2.31. The van der Waals surface area contributed by atoms with Gasteiger partial charge in [-0.25, -0.2) is 9.59 Å². The van der Waals surface area contributed by atoms with Crippen LogP contribution in [0, 0.1) is 0 Å². The Morgan fingerprint density at radius 2 is 2.11 bits per heavy atom. The highest BCUT2D eigenvalue weighted by molar-refractivity contribution is 6.01. The Morgan fingerprint density at radius 1 is 1.39 bits per heavy atom. The van der Waals surface area contributed by atoms with Crippen LogP contribution in [-0.4, -0.2) is 46.4 Å². The van der Waals surface area contributed by atoms with Gasteiger partial charge in [0.05, 0.1) is 12.1 Å². The van der Waals surface area contributed by atoms with Gasteiger partial charge in [0.2, 0.25) is 0 Å². The van der Waals surface area contributed by atoms with Gasteiger partial charge in [0.1, 0.15) is 6.54 Å². The predicted octanol–water partition coefficient (Wildman–Crippen LogP) is 0.779. The van der Waals surface area contributed by atoms with Crippen molar-refractivity contribution in [2.24, 2.45) is 0 Å². The molecular weight excluding hydrogens is 236 g/mol. The first-order chi connectivity index (χ1) is 8.49. The van der Waals surface area contributed by atoms with Gasteiger partial charge in [-0.2, -0.15) is 0 Å². The maximum absolute atomic E-state index is 11.7. The minimum absolute atomic E-state index is 0.0669. The lowest BCUT2D eigenvalue weighted by atomic mass is 10.1. The van der Waals surface area contributed by atoms with Gasteiger partial charge in [0.15, 0.2) is 0 Å². The van der Waals surface area contributed by atoms with E-state index < -0.39 is 5.97 Å². The van der Waals surface area contributed by atoms with Crippen LogP contribution in [0.15, 0.2) is 24.3 Å². The Balaban J connectivity index is 2.19. The molecule has 1 fully saturated rings. The van der Waals surface area contributed by atoms with Crippen LogP contribution in [0.3, 0.4) is 0 Å². The van der Waals surface area contributed by atoms with Gasteiger partial charge < -0.3 is 10.0 Å². The SMILES string of the molecule is CN1CC(=O)N(Cc2cccc(C(=O)O)c2)C1=O. The fourth-order valence-electron chi connectivity index (χ4n) is 1.81. The molecule has 0 saturated carbocycles. The topological polar surface area (TPSA) is 77.9 Å². The van der Waals surface area contributed by atoms with Crippen LogP contribution in [0.4, 0.5) is 4.79 Å². The number of carboxylic acid groups (broad SMARTS) is 1. The van der Waals surface area contributed by atoms with Gasteiger partial charge in [0.25, 0.3) is 5.91 Å². The van der Waals surface area contributed by atoms with Crippen molar-refractivity contribution in [1.82, 2.24) is 9.80 Å². The molecule has 0 radical (unpaired) electrons. The van der Waals surface area contributed by atoms with Gasteiger partial charge in [0, 0.05) is 7.05 Å². The zero-order valence-electron chi connectivity index (χ0n) is 9.79. The highest BCUT2D eigenvalue weighted by atomic mass is 16.4. The fraction of sp³-hybridized carbons (Fsp3) is 0.250. The molecule has 94 valence electrons. The summed E-state index contributed by atoms with van der Waals surface area (Å²) in [6.45, 7) is 0.167. The summed E-state index contributed by atoms with van der Waals surface area (Å²) in [6.07, 6.45) is 0. The summed E-state index contributed by atoms with van der Waals surface area (Å²) in [5.41, 5.74) is 0.756. The summed E-state index contributed by atoms with van der Waals surface area (Å²) >= 11 is 0. The quantitative estimate of drug-likeness (QED) is 0.802. The summed E-state index contributed by atoms with van der Waals surface area (Å²) in [6, 6.07) is 5.84. The maximum Gasteiger partial charge on any atom is 0.335 e. The lowest BCUT2D eigenvalue weighted by molar-refractivity contribution is -0.125. The number of carbonyl (C=O) groups is 3. The molecule has 1 saturated heterocycles. The van der Waals surface area contributed by atoms with Crippen molar-refractivity contribution in [3.8, 4) is 0 Å². The summed E-state index contributed by atoms with van der Waals surface area (Å²) in [4.78, 5) is 36.5. The standard InChI is InChI=1S/C12H12N2O4/c1-13-7-10(15)14(12(13)18)6-8-3-2-4-9(5-8)11(16)17/h2-5H,6-7H2,1H3,(H,16,17). The Labute approximate surface area is 103 Å². The fourth-order valence-corrected chi connectivity index (χ4v) is 1.81. The number of hydrogen-bond acceptors (Lipinski definition) is 3. The van der Waals surface area contributed by atoms with Crippen LogP contribution in [0.5, 0.6) is 0 Å². The van der Waals surface area contributed by atoms with Gasteiger partial charge >= 0.3 is 12.0 Å². The molecule has 18 heavy (non-hydrogen) atoms. The molecule has 0 aromatic heterocycles. The summed E-state index contributed by atoms with van der Waals surface area (Å²) in [5.74, 6) is -1.31. The molecule has 1 aliphatic heterocycles. The van der Waals surface area contributed by atoms with Crippen molar-refractivity contribution in [2.75, 3.05) is 13.6 Å². The molecule has 6 heteroatoms. The number of aromatic carboxylic acids is 1. The summed E-state index contributed by atoms with van der Waals surface area (Å²) in [7, 11) is 1.55. The molecule has 1 aromatic carbocycles. The van der Waals surface area contributed by atoms with Gasteiger partial charge in [-0.3, -0.25) is 9.69 Å². The summed E-state index contributed by atoms with van der Waals surface area (Å²) < 4.78 is 0. The number of likely N-dealkylation sites (N-methyl/N-ethyl adjacent to an activating group) is 1. The molecule has 0 spiro atoms. The van der Waals surface area contributed by atoms with Crippen molar-refractivity contribution in [3.63, 3.8) is 0 Å². The third-order valence-corrected chi connectivity index (χ3v) is 2.75. The van der Waals surface area contributed by atoms with Crippen molar-refractivity contribution in [1.29, 1.82) is 0 Å². The molecule has 2 rings (SSSR count). The van der Waals surface area contributed by atoms with Crippen LogP contribution in [0.25, 0.3) is 0 Å². The van der Waals surface area contributed by atoms with E-state index in [1.807, 2.05) is 0 Å². The second-order valence-electron chi connectivity index (χ2n) is 4.12. The Bertz CT molecular complexity index is 527. The van der Waals surface area contributed by atoms with E-state index in [9.17, 15) is 14.4 Å². The van der Waals surface area contributed by atoms with Gasteiger partial charge in [-0.1, -0.05) is 12.1 Å². The normalized spacial score (nSPS) is 15.4. The Hall–Kier alpha value is -2.37. The largest absolute Gasteiger partial charge is 0.478 e. The first-order valence-electron chi connectivity index (χ1n) is 5.36. The zero-order chi connectivity index (χ0) is 13.3. The average Bonchev–Trinajstić information content (AvgIpc) is 2.56. The van der Waals surface area contributed by atoms with E-state index >= 15 is 0 Å². The number of carbonyl (C=O) groups excluding carboxylic acids is 2. The number of hydrogen-bond donors (Lipinski definition) is 1. The molecule has 3 amide bonds. The molecule has 1 aromatic rings. The number of amides is 3. The zero-order valence-corrected chi connectivity index (χ0v) is 9.79. The number of carboxylic acids is 1. The number of imide groups is 1. The highest BCUT2D eigenvalue weighted by Crippen LogP contribution is 2.14. The smallest absolute Gasteiger partial charge is 0.335 e.